The van der Waals surface area contributed by atoms with Gasteiger partial charge in [-0.3, -0.25) is 96.5 Å². The maximum Gasteiger partial charge on any atom is 0.326 e. The number of para-hydroxylation sites is 1. The first kappa shape index (κ1) is 105. The molecule has 1 fully saturated rings. The number of H-pyrrole nitrogens is 1. The van der Waals surface area contributed by atoms with Gasteiger partial charge in [0.15, 0.2) is 5.96 Å². The number of carbonyl (C=O) groups is 20. The lowest BCUT2D eigenvalue weighted by molar-refractivity contribution is -0.144. The Bertz CT molecular complexity index is 4680. The summed E-state index contributed by atoms with van der Waals surface area (Å²) in [6.45, 7) is 2.42. The van der Waals surface area contributed by atoms with E-state index < -0.39 is 285 Å². The fourth-order valence-corrected chi connectivity index (χ4v) is 13.9. The van der Waals surface area contributed by atoms with Crippen molar-refractivity contribution in [3.63, 3.8) is 0 Å². The van der Waals surface area contributed by atoms with Crippen LogP contribution in [0.25, 0.3) is 10.9 Å². The van der Waals surface area contributed by atoms with Crippen molar-refractivity contribution < 1.29 is 127 Å². The van der Waals surface area contributed by atoms with Crippen molar-refractivity contribution >= 4 is 160 Å². The van der Waals surface area contributed by atoms with Crippen LogP contribution in [0.2, 0.25) is 0 Å². The molecule has 0 radical (unpaired) electrons. The Hall–Kier alpha value is -13.9. The average molecular weight is 1830 g/mol. The van der Waals surface area contributed by atoms with Gasteiger partial charge in [-0.1, -0.05) is 56.3 Å². The highest BCUT2D eigenvalue weighted by Crippen LogP contribution is 2.23. The van der Waals surface area contributed by atoms with E-state index in [9.17, 15) is 112 Å². The zero-order valence-electron chi connectivity index (χ0n) is 69.9. The molecule has 0 bridgehead atoms. The van der Waals surface area contributed by atoms with Crippen LogP contribution < -0.4 is 97.4 Å². The number of likely N-dealkylation sites (tertiary alicyclic amines) is 1. The number of hydrogen-bond donors (Lipinski definition) is 27. The lowest BCUT2D eigenvalue weighted by Gasteiger charge is -2.29. The third kappa shape index (κ3) is 35.6. The molecule has 1 aliphatic rings. The maximum atomic E-state index is 15.0. The lowest BCUT2D eigenvalue weighted by atomic mass is 9.99. The number of aromatic nitrogens is 1. The molecule has 0 aliphatic carbocycles. The van der Waals surface area contributed by atoms with Crippen LogP contribution in [-0.2, 0) is 115 Å². The number of amides is 16. The quantitative estimate of drug-likeness (QED) is 0.00845. The van der Waals surface area contributed by atoms with Crippen molar-refractivity contribution in [3.05, 3.63) is 95.7 Å². The number of hydrogen-bond acceptors (Lipinski definition) is 26. The zero-order chi connectivity index (χ0) is 95.2. The number of benzene rings is 3. The summed E-state index contributed by atoms with van der Waals surface area (Å²) in [5, 5.41) is 101. The monoisotopic (exact) mass is 1830 g/mol. The summed E-state index contributed by atoms with van der Waals surface area (Å²) in [7, 11) is 0. The number of fused-ring (bicyclic) bond motifs is 1. The number of phenolic OH excluding ortho intramolecular Hbond substituents is 2. The molecule has 1 saturated heterocycles. The number of nitrogens with one attached hydrogen (secondary N) is 16. The largest absolute Gasteiger partial charge is 0.508 e. The van der Waals surface area contributed by atoms with Crippen LogP contribution in [-0.4, -0.2) is 287 Å². The van der Waals surface area contributed by atoms with Crippen molar-refractivity contribution in [3.8, 4) is 11.5 Å². The van der Waals surface area contributed by atoms with E-state index in [1.807, 2.05) is 10.6 Å². The van der Waals surface area contributed by atoms with E-state index in [1.54, 1.807) is 44.4 Å². The summed E-state index contributed by atoms with van der Waals surface area (Å²) in [6, 6.07) is -6.47. The van der Waals surface area contributed by atoms with E-state index in [0.717, 1.165) is 0 Å². The maximum absolute atomic E-state index is 15.0. The van der Waals surface area contributed by atoms with E-state index in [2.05, 4.69) is 81.4 Å². The third-order valence-corrected chi connectivity index (χ3v) is 20.6. The Kier molecular flexibility index (Phi) is 42.7. The topological polar surface area (TPSA) is 778 Å². The van der Waals surface area contributed by atoms with E-state index >= 15 is 14.4 Å². The fourth-order valence-electron chi connectivity index (χ4n) is 13.1. The number of rotatable bonds is 55. The SMILES string of the molecule is CSCC[C@H](NC(=O)[C@H](CC(N)=O)NC(=O)[C@H](CS)NC(=O)[C@H](CCCNC(=N)N)NC(=O)[C@H](CC(=O)O)NC(=O)[C@H](CC(=O)O)NC(=O)[C@H](CC(N)=O)NC(=O)[C@H](Cc1c[nH]c2ccccc12)NC(=O)[C@H](CCC(=O)O)NC(=O)[C@H](Cc1ccc(O)cc1)NC(=O)[C@H](CC(C)C)NC(=O)[C@H](Cc1ccc(O)cc1)NC(=O)[C@@H]1CCCN1C(=O)CNC(=O)CN)C(=O)O. The van der Waals surface area contributed by atoms with Crippen LogP contribution in [0.5, 0.6) is 11.5 Å². The van der Waals surface area contributed by atoms with Crippen molar-refractivity contribution in [1.29, 1.82) is 5.41 Å². The summed E-state index contributed by atoms with van der Waals surface area (Å²) < 4.78 is 0. The zero-order valence-corrected chi connectivity index (χ0v) is 71.6. The van der Waals surface area contributed by atoms with Gasteiger partial charge in [0, 0.05) is 61.6 Å². The summed E-state index contributed by atoms with van der Waals surface area (Å²) in [5.74, 6) is -27.0. The summed E-state index contributed by atoms with van der Waals surface area (Å²) in [6.07, 6.45) is -4.96. The minimum Gasteiger partial charge on any atom is -0.508 e. The molecule has 128 heavy (non-hydrogen) atoms. The number of thiol groups is 1. The normalized spacial score (nSPS) is 15.0. The number of carboxylic acid groups (broad SMARTS) is 4. The van der Waals surface area contributed by atoms with Crippen molar-refractivity contribution in [2.45, 2.75) is 189 Å². The number of carboxylic acids is 4. The van der Waals surface area contributed by atoms with Crippen LogP contribution in [0.1, 0.15) is 108 Å². The smallest absolute Gasteiger partial charge is 0.326 e. The summed E-state index contributed by atoms with van der Waals surface area (Å²) in [5.41, 5.74) is 23.1. The molecule has 4 aromatic rings. The summed E-state index contributed by atoms with van der Waals surface area (Å²) >= 11 is 5.36. The van der Waals surface area contributed by atoms with Crippen LogP contribution in [0.15, 0.2) is 79.0 Å². The molecule has 5 rings (SSSR count). The van der Waals surface area contributed by atoms with E-state index in [1.165, 1.54) is 71.4 Å². The van der Waals surface area contributed by atoms with Crippen LogP contribution in [0.4, 0.5) is 0 Å². The number of aromatic amines is 1. The van der Waals surface area contributed by atoms with Gasteiger partial charge >= 0.3 is 23.9 Å². The lowest BCUT2D eigenvalue weighted by Crippen LogP contribution is -2.62. The number of guanidine groups is 1. The Labute approximate surface area is 741 Å². The van der Waals surface area contributed by atoms with Gasteiger partial charge in [-0.25, -0.2) is 4.79 Å². The Balaban J connectivity index is 1.46. The molecule has 13 atom stereocenters. The third-order valence-electron chi connectivity index (χ3n) is 19.6. The molecular weight excluding hydrogens is 1720 g/mol. The Morgan fingerprint density at radius 3 is 1.37 bits per heavy atom. The van der Waals surface area contributed by atoms with Gasteiger partial charge in [-0.2, -0.15) is 24.4 Å². The standard InChI is InChI=1S/C79H109N21O26S2/c1-38(2)26-49(91-70(117)51(28-40-14-18-43(102)19-15-40)98-77(124)58-11-7-24-100(58)62(106)36-87-61(105)34-80)68(115)92-50(27-39-12-16-42(101)17-13-39)69(116)89-47(20-21-63(107)108)67(114)93-52(29-41-35-86-45-9-5-4-8-44(41)45)71(118)94-54(31-60(82)104)73(120)96-56(33-65(111)112)75(122)97-55(32-64(109)110)74(121)88-46(10-6-23-85-79(83)84)66(113)99-57(37-127)76(123)95-53(30-59(81)103)72(119)90-48(78(125)126)22-25-128-3/h4-5,8-9,12-19,35,38,46-58,86,101-102,127H,6-7,10-11,20-34,36-37,80H2,1-3H3,(H2,81,103)(H2,82,104)(H,87,105)(H,88,121)(H,89,116)(H,90,119)(H,91,117)(H,92,115)(H,93,114)(H,94,118)(H,95,123)(H,96,120)(H,97,122)(H,98,124)(H,99,113)(H,107,108)(H,109,110)(H,111,112)(H,125,126)(H4,83,84,85)/t46-,47-,48-,49-,50-,51-,52-,53-,54-,55-,56-,57-,58-/m0/s1. The van der Waals surface area contributed by atoms with Gasteiger partial charge in [0.25, 0.3) is 0 Å². The second-order valence-corrected chi connectivity index (χ2v) is 31.5. The van der Waals surface area contributed by atoms with Gasteiger partial charge in [-0.15, -0.1) is 0 Å². The number of nitrogens with two attached hydrogens (primary N) is 4. The van der Waals surface area contributed by atoms with Crippen LogP contribution >= 0.6 is 24.4 Å². The first-order valence-corrected chi connectivity index (χ1v) is 42.2. The fraction of sp³-hybridized carbons (Fsp3) is 0.481. The molecule has 0 saturated carbocycles. The Morgan fingerprint density at radius 1 is 0.500 bits per heavy atom. The van der Waals surface area contributed by atoms with E-state index in [-0.39, 0.29) is 73.6 Å². The first-order valence-electron chi connectivity index (χ1n) is 40.1. The highest BCUT2D eigenvalue weighted by Gasteiger charge is 2.41. The molecule has 49 heteroatoms. The van der Waals surface area contributed by atoms with E-state index in [0.29, 0.717) is 22.9 Å². The molecular formula is C79H109N21O26S2. The molecule has 0 spiro atoms. The second-order valence-electron chi connectivity index (χ2n) is 30.1. The minimum absolute atomic E-state index is 0.0838. The molecule has 2 heterocycles. The number of carbonyl (C=O) groups excluding carboxylic acids is 16. The predicted molar refractivity (Wildman–Crippen MR) is 458 cm³/mol. The minimum atomic E-state index is -2.38. The first-order chi connectivity index (χ1) is 60.5. The molecule has 0 unspecified atom stereocenters. The van der Waals surface area contributed by atoms with Gasteiger partial charge < -0.3 is 138 Å². The van der Waals surface area contributed by atoms with Crippen LogP contribution in [0.3, 0.4) is 0 Å². The number of nitrogens with zero attached hydrogens (tertiary/aromatic N) is 1. The Morgan fingerprint density at radius 2 is 0.914 bits per heavy atom. The molecule has 1 aliphatic heterocycles. The average Bonchev–Trinajstić information content (AvgIpc) is 1.67. The molecule has 698 valence electrons. The van der Waals surface area contributed by atoms with Crippen molar-refractivity contribution in [2.24, 2.45) is 28.9 Å². The molecule has 1 aromatic heterocycles. The molecule has 16 amide bonds. The predicted octanol–water partition coefficient (Wildman–Crippen LogP) is -6.87. The number of phenols is 2. The van der Waals surface area contributed by atoms with Gasteiger partial charge in [0.05, 0.1) is 38.8 Å². The number of aliphatic carboxylic acids is 4. The van der Waals surface area contributed by atoms with Gasteiger partial charge in [0.1, 0.15) is 90.0 Å². The van der Waals surface area contributed by atoms with Gasteiger partial charge in [0.2, 0.25) is 94.5 Å². The second kappa shape index (κ2) is 52.2. The van der Waals surface area contributed by atoms with Crippen molar-refractivity contribution in [1.82, 2.24) is 84.3 Å². The number of primary amides is 2. The molecule has 47 nitrogen and oxygen atoms in total. The highest BCUT2D eigenvalue weighted by molar-refractivity contribution is 7.98. The number of thioether (sulfide) groups is 1. The molecule has 3 aromatic carbocycles. The highest BCUT2D eigenvalue weighted by atomic mass is 32.2. The van der Waals surface area contributed by atoms with Crippen molar-refractivity contribution in [2.75, 3.05) is 43.9 Å². The van der Waals surface area contributed by atoms with Gasteiger partial charge in [-0.05, 0) is 110 Å². The molecule has 30 N–H and O–H groups in total. The number of aromatic hydroxyl groups is 2. The van der Waals surface area contributed by atoms with E-state index in [4.69, 9.17) is 28.3 Å². The van der Waals surface area contributed by atoms with Crippen LogP contribution in [0, 0.1) is 11.3 Å². The summed E-state index contributed by atoms with van der Waals surface area (Å²) in [4.78, 5) is 277.